The second kappa shape index (κ2) is 5.14. The Hall–Kier alpha value is -1.84. The molecule has 0 spiro atoms. The predicted octanol–water partition coefficient (Wildman–Crippen LogP) is 3.06. The van der Waals surface area contributed by atoms with Crippen molar-refractivity contribution in [2.75, 3.05) is 0 Å². The zero-order chi connectivity index (χ0) is 11.3. The number of nitrogens with zero attached hydrogens (tertiary/aromatic N) is 2. The number of thiocarbonyl (C=S) groups is 1. The molecular weight excluding hydrogens is 212 g/mol. The molecule has 4 nitrogen and oxygen atoms in total. The SMILES string of the molecule is CC(=Cc1ccc(N=C=S)cc1)[N+](=O)[O-]. The van der Waals surface area contributed by atoms with Gasteiger partial charge < -0.3 is 0 Å². The van der Waals surface area contributed by atoms with Crippen LogP contribution in [0.2, 0.25) is 0 Å². The maximum Gasteiger partial charge on any atom is 0.243 e. The summed E-state index contributed by atoms with van der Waals surface area (Å²) >= 11 is 4.45. The van der Waals surface area contributed by atoms with Gasteiger partial charge in [-0.3, -0.25) is 10.1 Å². The van der Waals surface area contributed by atoms with Crippen molar-refractivity contribution in [1.29, 1.82) is 0 Å². The highest BCUT2D eigenvalue weighted by Crippen LogP contribution is 2.14. The van der Waals surface area contributed by atoms with Gasteiger partial charge in [0, 0.05) is 13.0 Å². The Bertz CT molecular complexity index is 445. The number of hydrogen-bond acceptors (Lipinski definition) is 4. The van der Waals surface area contributed by atoms with E-state index in [1.807, 2.05) is 0 Å². The summed E-state index contributed by atoms with van der Waals surface area (Å²) < 4.78 is 0. The van der Waals surface area contributed by atoms with E-state index in [9.17, 15) is 10.1 Å². The topological polar surface area (TPSA) is 55.5 Å². The summed E-state index contributed by atoms with van der Waals surface area (Å²) in [5, 5.41) is 12.6. The maximum atomic E-state index is 10.4. The molecule has 5 heteroatoms. The minimum atomic E-state index is -0.427. The summed E-state index contributed by atoms with van der Waals surface area (Å²) in [6.07, 6.45) is 1.49. The second-order valence-electron chi connectivity index (χ2n) is 2.84. The number of isothiocyanates is 1. The quantitative estimate of drug-likeness (QED) is 0.340. The maximum absolute atomic E-state index is 10.4. The lowest BCUT2D eigenvalue weighted by atomic mass is 10.2. The summed E-state index contributed by atoms with van der Waals surface area (Å²) in [7, 11) is 0. The van der Waals surface area contributed by atoms with E-state index in [2.05, 4.69) is 22.4 Å². The first-order valence-corrected chi connectivity index (χ1v) is 4.55. The minimum absolute atomic E-state index is 0.0982. The lowest BCUT2D eigenvalue weighted by Crippen LogP contribution is -1.92. The zero-order valence-corrected chi connectivity index (χ0v) is 8.82. The van der Waals surface area contributed by atoms with Gasteiger partial charge in [-0.2, -0.15) is 4.99 Å². The van der Waals surface area contributed by atoms with Crippen LogP contribution in [0.3, 0.4) is 0 Å². The first-order chi connectivity index (χ1) is 7.13. The lowest BCUT2D eigenvalue weighted by molar-refractivity contribution is -0.422. The fourth-order valence-corrected chi connectivity index (χ4v) is 1.10. The highest BCUT2D eigenvalue weighted by atomic mass is 32.1. The summed E-state index contributed by atoms with van der Waals surface area (Å²) in [6.45, 7) is 1.45. The first kappa shape index (κ1) is 11.2. The number of nitro groups is 1. The summed E-state index contributed by atoms with van der Waals surface area (Å²) in [5.41, 5.74) is 1.54. The lowest BCUT2D eigenvalue weighted by Gasteiger charge is -1.94. The van der Waals surface area contributed by atoms with E-state index in [4.69, 9.17) is 0 Å². The van der Waals surface area contributed by atoms with Gasteiger partial charge in [-0.25, -0.2) is 0 Å². The third-order valence-corrected chi connectivity index (χ3v) is 1.82. The van der Waals surface area contributed by atoms with Crippen LogP contribution in [0.1, 0.15) is 12.5 Å². The standard InChI is InChI=1S/C10H8N2O2S/c1-8(12(13)14)6-9-2-4-10(5-3-9)11-7-15/h2-6H,1H3. The van der Waals surface area contributed by atoms with Crippen LogP contribution in [0.15, 0.2) is 35.0 Å². The molecule has 1 aromatic rings. The van der Waals surface area contributed by atoms with Gasteiger partial charge >= 0.3 is 0 Å². The Balaban J connectivity index is 2.94. The van der Waals surface area contributed by atoms with Crippen molar-refractivity contribution in [3.05, 3.63) is 45.6 Å². The van der Waals surface area contributed by atoms with Crippen LogP contribution in [0.5, 0.6) is 0 Å². The Kier molecular flexibility index (Phi) is 3.85. The van der Waals surface area contributed by atoms with Gasteiger partial charge in [-0.1, -0.05) is 12.1 Å². The average Bonchev–Trinajstić information content (AvgIpc) is 2.21. The number of rotatable bonds is 3. The highest BCUT2D eigenvalue weighted by Gasteiger charge is 2.01. The van der Waals surface area contributed by atoms with E-state index >= 15 is 0 Å². The fourth-order valence-electron chi connectivity index (χ4n) is 0.992. The molecular formula is C10H8N2O2S. The fraction of sp³-hybridized carbons (Fsp3) is 0.100. The molecule has 0 fully saturated rings. The third kappa shape index (κ3) is 3.42. The average molecular weight is 220 g/mol. The Morgan fingerprint density at radius 1 is 1.53 bits per heavy atom. The molecule has 0 aliphatic heterocycles. The zero-order valence-electron chi connectivity index (χ0n) is 8.01. The monoisotopic (exact) mass is 220 g/mol. The summed E-state index contributed by atoms with van der Waals surface area (Å²) in [4.78, 5) is 13.7. The molecule has 0 aliphatic rings. The first-order valence-electron chi connectivity index (χ1n) is 4.14. The molecule has 0 aromatic heterocycles. The normalized spacial score (nSPS) is 10.6. The van der Waals surface area contributed by atoms with Gasteiger partial charge in [0.15, 0.2) is 0 Å². The minimum Gasteiger partial charge on any atom is -0.259 e. The van der Waals surface area contributed by atoms with Gasteiger partial charge in [0.05, 0.1) is 15.8 Å². The molecule has 0 atom stereocenters. The molecule has 1 rings (SSSR count). The molecule has 0 saturated carbocycles. The third-order valence-electron chi connectivity index (χ3n) is 1.73. The van der Waals surface area contributed by atoms with Crippen molar-refractivity contribution in [3.63, 3.8) is 0 Å². The Morgan fingerprint density at radius 2 is 2.13 bits per heavy atom. The van der Waals surface area contributed by atoms with Gasteiger partial charge in [0.25, 0.3) is 0 Å². The van der Waals surface area contributed by atoms with Crippen LogP contribution >= 0.6 is 12.2 Å². The molecule has 15 heavy (non-hydrogen) atoms. The largest absolute Gasteiger partial charge is 0.259 e. The van der Waals surface area contributed by atoms with Crippen molar-refractivity contribution in [2.45, 2.75) is 6.92 Å². The van der Waals surface area contributed by atoms with Crippen LogP contribution in [-0.4, -0.2) is 10.1 Å². The number of hydrogen-bond donors (Lipinski definition) is 0. The van der Waals surface area contributed by atoms with E-state index in [0.29, 0.717) is 5.69 Å². The Labute approximate surface area is 92.1 Å². The van der Waals surface area contributed by atoms with Crippen LogP contribution in [-0.2, 0) is 0 Å². The van der Waals surface area contributed by atoms with Gasteiger partial charge in [0.2, 0.25) is 5.70 Å². The van der Waals surface area contributed by atoms with E-state index in [1.165, 1.54) is 13.0 Å². The van der Waals surface area contributed by atoms with Crippen molar-refractivity contribution < 1.29 is 4.92 Å². The predicted molar refractivity (Wildman–Crippen MR) is 61.8 cm³/mol. The Morgan fingerprint density at radius 3 is 2.60 bits per heavy atom. The molecule has 1 aromatic carbocycles. The number of benzene rings is 1. The molecule has 76 valence electrons. The molecule has 0 unspecified atom stereocenters. The molecule has 0 saturated heterocycles. The molecule has 0 heterocycles. The van der Waals surface area contributed by atoms with E-state index < -0.39 is 4.92 Å². The van der Waals surface area contributed by atoms with Crippen molar-refractivity contribution in [3.8, 4) is 0 Å². The molecule has 0 N–H and O–H groups in total. The summed E-state index contributed by atoms with van der Waals surface area (Å²) in [5.74, 6) is 0. The molecule has 0 amide bonds. The van der Waals surface area contributed by atoms with Gasteiger partial charge in [-0.15, -0.1) is 0 Å². The van der Waals surface area contributed by atoms with E-state index in [1.54, 1.807) is 24.3 Å². The van der Waals surface area contributed by atoms with Crippen molar-refractivity contribution >= 4 is 29.1 Å². The molecule has 0 bridgehead atoms. The molecule has 0 aliphatic carbocycles. The van der Waals surface area contributed by atoms with Crippen molar-refractivity contribution in [2.24, 2.45) is 4.99 Å². The van der Waals surface area contributed by atoms with Crippen LogP contribution < -0.4 is 0 Å². The molecule has 0 radical (unpaired) electrons. The van der Waals surface area contributed by atoms with Crippen LogP contribution in [0.4, 0.5) is 5.69 Å². The smallest absolute Gasteiger partial charge is 0.243 e. The van der Waals surface area contributed by atoms with Crippen molar-refractivity contribution in [1.82, 2.24) is 0 Å². The van der Waals surface area contributed by atoms with E-state index in [0.717, 1.165) is 5.56 Å². The van der Waals surface area contributed by atoms with Crippen LogP contribution in [0.25, 0.3) is 6.08 Å². The second-order valence-corrected chi connectivity index (χ2v) is 3.02. The summed E-state index contributed by atoms with van der Waals surface area (Å²) in [6, 6.07) is 6.91. The van der Waals surface area contributed by atoms with Crippen LogP contribution in [0, 0.1) is 10.1 Å². The number of allylic oxidation sites excluding steroid dienone is 1. The van der Waals surface area contributed by atoms with Gasteiger partial charge in [-0.05, 0) is 29.9 Å². The van der Waals surface area contributed by atoms with E-state index in [-0.39, 0.29) is 5.70 Å². The highest BCUT2D eigenvalue weighted by molar-refractivity contribution is 7.78. The van der Waals surface area contributed by atoms with Gasteiger partial charge in [0.1, 0.15) is 0 Å². The number of aliphatic imine (C=N–C) groups is 1.